The molecular weight excluding hydrogens is 242 g/mol. The summed E-state index contributed by atoms with van der Waals surface area (Å²) in [5, 5.41) is 8.11. The molecule has 2 fully saturated rings. The summed E-state index contributed by atoms with van der Waals surface area (Å²) in [6, 6.07) is 3.56. The number of nitrogens with zero attached hydrogens (tertiary/aromatic N) is 3. The average molecular weight is 261 g/mol. The van der Waals surface area contributed by atoms with Gasteiger partial charge in [-0.3, -0.25) is 0 Å². The molecule has 19 heavy (non-hydrogen) atoms. The largest absolute Gasteiger partial charge is 0.464 e. The summed E-state index contributed by atoms with van der Waals surface area (Å²) < 4.78 is 4.62. The monoisotopic (exact) mass is 261 g/mol. The summed E-state index contributed by atoms with van der Waals surface area (Å²) in [6.07, 6.45) is 5.41. The predicted molar refractivity (Wildman–Crippen MR) is 71.0 cm³/mol. The van der Waals surface area contributed by atoms with Gasteiger partial charge in [-0.1, -0.05) is 12.8 Å². The molecule has 2 aliphatic rings. The van der Waals surface area contributed by atoms with Gasteiger partial charge >= 0.3 is 5.97 Å². The zero-order chi connectivity index (χ0) is 13.2. The van der Waals surface area contributed by atoms with Crippen molar-refractivity contribution in [1.29, 1.82) is 0 Å². The van der Waals surface area contributed by atoms with Crippen LogP contribution < -0.4 is 4.90 Å². The van der Waals surface area contributed by atoms with Crippen LogP contribution in [0.15, 0.2) is 12.1 Å². The number of methoxy groups -OCH3 is 1. The Bertz CT molecular complexity index is 446. The lowest BCUT2D eigenvalue weighted by molar-refractivity contribution is 0.0592. The maximum atomic E-state index is 11.3. The van der Waals surface area contributed by atoms with Gasteiger partial charge in [-0.2, -0.15) is 0 Å². The molecule has 1 aromatic rings. The predicted octanol–water partition coefficient (Wildman–Crippen LogP) is 1.89. The van der Waals surface area contributed by atoms with Gasteiger partial charge < -0.3 is 9.64 Å². The van der Waals surface area contributed by atoms with Crippen LogP contribution in [0.5, 0.6) is 0 Å². The second-order valence-corrected chi connectivity index (χ2v) is 5.48. The van der Waals surface area contributed by atoms with Crippen molar-refractivity contribution in [2.75, 3.05) is 25.1 Å². The number of carbonyl (C=O) groups excluding carboxylic acids is 1. The van der Waals surface area contributed by atoms with Crippen LogP contribution >= 0.6 is 0 Å². The second kappa shape index (κ2) is 5.15. The lowest BCUT2D eigenvalue weighted by atomic mass is 9.82. The molecule has 102 valence electrons. The molecule has 1 aliphatic carbocycles. The van der Waals surface area contributed by atoms with Crippen LogP contribution in [0, 0.1) is 11.8 Å². The molecular formula is C14H19N3O2. The summed E-state index contributed by atoms with van der Waals surface area (Å²) in [4.78, 5) is 13.6. The fraction of sp³-hybridized carbons (Fsp3) is 0.643. The molecule has 2 heterocycles. The fourth-order valence-corrected chi connectivity index (χ4v) is 3.30. The topological polar surface area (TPSA) is 55.3 Å². The first-order valence-electron chi connectivity index (χ1n) is 6.95. The van der Waals surface area contributed by atoms with Crippen molar-refractivity contribution in [2.45, 2.75) is 25.7 Å². The van der Waals surface area contributed by atoms with E-state index >= 15 is 0 Å². The Kier molecular flexibility index (Phi) is 3.36. The number of fused-ring (bicyclic) bond motifs is 1. The molecule has 1 aliphatic heterocycles. The summed E-state index contributed by atoms with van der Waals surface area (Å²) in [5.74, 6) is 2.07. The standard InChI is InChI=1S/C14H19N3O2/c1-19-14(18)12-6-7-13(16-15-12)17-8-10-4-2-3-5-11(10)9-17/h6-7,10-11H,2-5,8-9H2,1H3. The summed E-state index contributed by atoms with van der Waals surface area (Å²) in [5.41, 5.74) is 0.267. The normalized spacial score (nSPS) is 26.1. The van der Waals surface area contributed by atoms with Crippen molar-refractivity contribution in [2.24, 2.45) is 11.8 Å². The van der Waals surface area contributed by atoms with Crippen molar-refractivity contribution in [3.05, 3.63) is 17.8 Å². The Balaban J connectivity index is 1.71. The summed E-state index contributed by atoms with van der Waals surface area (Å²) in [6.45, 7) is 2.16. The van der Waals surface area contributed by atoms with Gasteiger partial charge in [0.2, 0.25) is 0 Å². The van der Waals surface area contributed by atoms with Gasteiger partial charge in [0.05, 0.1) is 7.11 Å². The summed E-state index contributed by atoms with van der Waals surface area (Å²) in [7, 11) is 1.35. The van der Waals surface area contributed by atoms with E-state index in [9.17, 15) is 4.79 Å². The molecule has 0 radical (unpaired) electrons. The van der Waals surface area contributed by atoms with Gasteiger partial charge in [-0.15, -0.1) is 10.2 Å². The minimum atomic E-state index is -0.436. The highest BCUT2D eigenvalue weighted by Crippen LogP contribution is 2.37. The number of ether oxygens (including phenoxy) is 1. The molecule has 1 saturated heterocycles. The number of anilines is 1. The van der Waals surface area contributed by atoms with Crippen LogP contribution in [0.3, 0.4) is 0 Å². The number of hydrogen-bond donors (Lipinski definition) is 0. The Morgan fingerprint density at radius 3 is 2.42 bits per heavy atom. The van der Waals surface area contributed by atoms with E-state index in [1.165, 1.54) is 32.8 Å². The molecule has 0 bridgehead atoms. The Morgan fingerprint density at radius 2 is 1.89 bits per heavy atom. The van der Waals surface area contributed by atoms with Crippen molar-refractivity contribution < 1.29 is 9.53 Å². The number of aromatic nitrogens is 2. The third-order valence-corrected chi connectivity index (χ3v) is 4.35. The number of rotatable bonds is 2. The first-order valence-corrected chi connectivity index (χ1v) is 6.95. The lowest BCUT2D eigenvalue weighted by Gasteiger charge is -2.22. The van der Waals surface area contributed by atoms with E-state index in [2.05, 4.69) is 19.8 Å². The molecule has 0 aromatic carbocycles. The minimum absolute atomic E-state index is 0.267. The first kappa shape index (κ1) is 12.4. The maximum absolute atomic E-state index is 11.3. The van der Waals surface area contributed by atoms with E-state index < -0.39 is 5.97 Å². The van der Waals surface area contributed by atoms with Gasteiger partial charge in [0, 0.05) is 13.1 Å². The van der Waals surface area contributed by atoms with E-state index in [1.807, 2.05) is 6.07 Å². The molecule has 0 amide bonds. The average Bonchev–Trinajstić information content (AvgIpc) is 2.90. The third-order valence-electron chi connectivity index (χ3n) is 4.35. The zero-order valence-corrected chi connectivity index (χ0v) is 11.2. The highest BCUT2D eigenvalue weighted by molar-refractivity contribution is 5.86. The Morgan fingerprint density at radius 1 is 1.21 bits per heavy atom. The molecule has 0 N–H and O–H groups in total. The quantitative estimate of drug-likeness (QED) is 0.761. The van der Waals surface area contributed by atoms with Gasteiger partial charge in [0.1, 0.15) is 0 Å². The third kappa shape index (κ3) is 2.41. The Labute approximate surface area is 113 Å². The molecule has 1 saturated carbocycles. The second-order valence-electron chi connectivity index (χ2n) is 5.48. The molecule has 0 spiro atoms. The van der Waals surface area contributed by atoms with E-state index in [1.54, 1.807) is 6.07 Å². The van der Waals surface area contributed by atoms with Gasteiger partial charge in [0.15, 0.2) is 11.5 Å². The van der Waals surface area contributed by atoms with Crippen molar-refractivity contribution in [3.8, 4) is 0 Å². The smallest absolute Gasteiger partial charge is 0.358 e. The van der Waals surface area contributed by atoms with Crippen molar-refractivity contribution in [3.63, 3.8) is 0 Å². The highest BCUT2D eigenvalue weighted by Gasteiger charge is 2.34. The van der Waals surface area contributed by atoms with Gasteiger partial charge in [-0.05, 0) is 36.8 Å². The molecule has 3 rings (SSSR count). The number of carbonyl (C=O) groups is 1. The van der Waals surface area contributed by atoms with Crippen LogP contribution in [0.2, 0.25) is 0 Å². The van der Waals surface area contributed by atoms with E-state index in [0.29, 0.717) is 0 Å². The van der Waals surface area contributed by atoms with Gasteiger partial charge in [0.25, 0.3) is 0 Å². The molecule has 5 heteroatoms. The van der Waals surface area contributed by atoms with Crippen LogP contribution in [0.4, 0.5) is 5.82 Å². The van der Waals surface area contributed by atoms with E-state index in [0.717, 1.165) is 30.7 Å². The van der Waals surface area contributed by atoms with Crippen molar-refractivity contribution >= 4 is 11.8 Å². The summed E-state index contributed by atoms with van der Waals surface area (Å²) >= 11 is 0. The van der Waals surface area contributed by atoms with Crippen LogP contribution in [-0.2, 0) is 4.74 Å². The molecule has 2 unspecified atom stereocenters. The van der Waals surface area contributed by atoms with Crippen LogP contribution in [0.25, 0.3) is 0 Å². The first-order chi connectivity index (χ1) is 9.28. The Hall–Kier alpha value is -1.65. The van der Waals surface area contributed by atoms with Crippen LogP contribution in [-0.4, -0.2) is 36.4 Å². The minimum Gasteiger partial charge on any atom is -0.464 e. The molecule has 1 aromatic heterocycles. The number of esters is 1. The zero-order valence-electron chi connectivity index (χ0n) is 11.2. The molecule has 2 atom stereocenters. The lowest BCUT2D eigenvalue weighted by Crippen LogP contribution is -2.21. The highest BCUT2D eigenvalue weighted by atomic mass is 16.5. The van der Waals surface area contributed by atoms with Gasteiger partial charge in [-0.25, -0.2) is 4.79 Å². The SMILES string of the molecule is COC(=O)c1ccc(N2CC3CCCCC3C2)nn1. The fourth-order valence-electron chi connectivity index (χ4n) is 3.30. The van der Waals surface area contributed by atoms with E-state index in [-0.39, 0.29) is 5.69 Å². The van der Waals surface area contributed by atoms with Crippen LogP contribution in [0.1, 0.15) is 36.2 Å². The number of hydrogen-bond acceptors (Lipinski definition) is 5. The van der Waals surface area contributed by atoms with E-state index in [4.69, 9.17) is 0 Å². The van der Waals surface area contributed by atoms with Crippen molar-refractivity contribution in [1.82, 2.24) is 10.2 Å². The molecule has 5 nitrogen and oxygen atoms in total. The maximum Gasteiger partial charge on any atom is 0.358 e.